The highest BCUT2D eigenvalue weighted by Gasteiger charge is 2.27. The molecular formula is C25H26F2N2O3S3. The van der Waals surface area contributed by atoms with E-state index in [1.54, 1.807) is 42.1 Å². The summed E-state index contributed by atoms with van der Waals surface area (Å²) in [6.07, 6.45) is 2.51. The molecule has 5 nitrogen and oxygen atoms in total. The minimum atomic E-state index is -4.11. The summed E-state index contributed by atoms with van der Waals surface area (Å²) in [4.78, 5) is 13.5. The van der Waals surface area contributed by atoms with Crippen LogP contribution < -0.4 is 9.62 Å². The van der Waals surface area contributed by atoms with Crippen LogP contribution in [0.25, 0.3) is 0 Å². The first-order valence-corrected chi connectivity index (χ1v) is 14.6. The Hall–Kier alpha value is -2.56. The SMILES string of the molecule is CSc1ccc(S(=O)(=O)N(CC(=O)NCCCSCc2ccccc2F)c2cccc(F)c2)cc1. The van der Waals surface area contributed by atoms with Crippen molar-refractivity contribution in [3.63, 3.8) is 0 Å². The summed E-state index contributed by atoms with van der Waals surface area (Å²) in [5.74, 6) is -0.121. The molecule has 1 amide bonds. The molecule has 0 fully saturated rings. The Labute approximate surface area is 213 Å². The van der Waals surface area contributed by atoms with Gasteiger partial charge < -0.3 is 5.32 Å². The van der Waals surface area contributed by atoms with Crippen molar-refractivity contribution in [2.75, 3.05) is 29.4 Å². The van der Waals surface area contributed by atoms with Crippen molar-refractivity contribution in [3.8, 4) is 0 Å². The Morgan fingerprint density at radius 2 is 1.74 bits per heavy atom. The molecule has 0 atom stereocenters. The van der Waals surface area contributed by atoms with Gasteiger partial charge in [-0.2, -0.15) is 11.8 Å². The number of amides is 1. The zero-order valence-corrected chi connectivity index (χ0v) is 21.6. The molecule has 0 aromatic heterocycles. The highest BCUT2D eigenvalue weighted by atomic mass is 32.2. The lowest BCUT2D eigenvalue weighted by atomic mass is 10.2. The summed E-state index contributed by atoms with van der Waals surface area (Å²) < 4.78 is 55.1. The minimum absolute atomic E-state index is 0.0110. The Balaban J connectivity index is 1.61. The smallest absolute Gasteiger partial charge is 0.264 e. The molecule has 0 saturated heterocycles. The number of thioether (sulfide) groups is 2. The van der Waals surface area contributed by atoms with Gasteiger partial charge in [0.05, 0.1) is 10.6 Å². The van der Waals surface area contributed by atoms with Crippen molar-refractivity contribution in [3.05, 3.63) is 90.0 Å². The normalized spacial score (nSPS) is 11.3. The molecule has 0 aliphatic carbocycles. The fourth-order valence-corrected chi connectivity index (χ4v) is 5.98. The van der Waals surface area contributed by atoms with Crippen molar-refractivity contribution in [1.29, 1.82) is 0 Å². The second-order valence-corrected chi connectivity index (χ2v) is 11.4. The van der Waals surface area contributed by atoms with Crippen molar-refractivity contribution < 1.29 is 22.0 Å². The number of benzene rings is 3. The third-order valence-electron chi connectivity index (χ3n) is 5.03. The van der Waals surface area contributed by atoms with Gasteiger partial charge in [0, 0.05) is 17.2 Å². The molecule has 0 bridgehead atoms. The van der Waals surface area contributed by atoms with Crippen molar-refractivity contribution in [1.82, 2.24) is 5.32 Å². The molecule has 0 aliphatic rings. The summed E-state index contributed by atoms with van der Waals surface area (Å²) in [5.41, 5.74) is 0.692. The van der Waals surface area contributed by atoms with Gasteiger partial charge in [0.1, 0.15) is 18.2 Å². The van der Waals surface area contributed by atoms with Crippen LogP contribution in [0.4, 0.5) is 14.5 Å². The second-order valence-electron chi connectivity index (χ2n) is 7.51. The summed E-state index contributed by atoms with van der Waals surface area (Å²) in [6.45, 7) is -0.152. The highest BCUT2D eigenvalue weighted by Crippen LogP contribution is 2.26. The van der Waals surface area contributed by atoms with E-state index >= 15 is 0 Å². The van der Waals surface area contributed by atoms with Crippen LogP contribution in [0.5, 0.6) is 0 Å². The molecule has 1 N–H and O–H groups in total. The van der Waals surface area contributed by atoms with E-state index < -0.39 is 28.3 Å². The van der Waals surface area contributed by atoms with Crippen molar-refractivity contribution >= 4 is 45.1 Å². The van der Waals surface area contributed by atoms with Crippen LogP contribution in [0, 0.1) is 11.6 Å². The number of rotatable bonds is 12. The molecule has 0 aliphatic heterocycles. The van der Waals surface area contributed by atoms with E-state index in [1.165, 1.54) is 48.2 Å². The van der Waals surface area contributed by atoms with E-state index in [-0.39, 0.29) is 16.4 Å². The maximum atomic E-state index is 13.9. The van der Waals surface area contributed by atoms with Crippen LogP contribution in [-0.2, 0) is 20.6 Å². The van der Waals surface area contributed by atoms with Gasteiger partial charge in [0.15, 0.2) is 0 Å². The topological polar surface area (TPSA) is 66.5 Å². The Morgan fingerprint density at radius 1 is 1.00 bits per heavy atom. The van der Waals surface area contributed by atoms with Crippen LogP contribution in [0.15, 0.2) is 82.6 Å². The number of halogens is 2. The second kappa shape index (κ2) is 12.9. The first-order valence-electron chi connectivity index (χ1n) is 10.8. The predicted molar refractivity (Wildman–Crippen MR) is 139 cm³/mol. The maximum Gasteiger partial charge on any atom is 0.264 e. The lowest BCUT2D eigenvalue weighted by Crippen LogP contribution is -2.41. The monoisotopic (exact) mass is 536 g/mol. The molecule has 3 rings (SSSR count). The van der Waals surface area contributed by atoms with E-state index in [2.05, 4.69) is 5.32 Å². The third kappa shape index (κ3) is 7.71. The van der Waals surface area contributed by atoms with E-state index in [9.17, 15) is 22.0 Å². The third-order valence-corrected chi connectivity index (χ3v) is 8.66. The number of carbonyl (C=O) groups is 1. The lowest BCUT2D eigenvalue weighted by Gasteiger charge is -2.24. The van der Waals surface area contributed by atoms with Crippen molar-refractivity contribution in [2.24, 2.45) is 0 Å². The van der Waals surface area contributed by atoms with Gasteiger partial charge in [-0.25, -0.2) is 17.2 Å². The average molecular weight is 537 g/mol. The molecule has 10 heteroatoms. The van der Waals surface area contributed by atoms with Crippen LogP contribution in [0.2, 0.25) is 0 Å². The zero-order valence-electron chi connectivity index (χ0n) is 19.1. The van der Waals surface area contributed by atoms with Gasteiger partial charge in [0.25, 0.3) is 10.0 Å². The summed E-state index contributed by atoms with van der Waals surface area (Å²) in [7, 11) is -4.11. The predicted octanol–water partition coefficient (Wildman–Crippen LogP) is 5.32. The number of nitrogens with one attached hydrogen (secondary N) is 1. The lowest BCUT2D eigenvalue weighted by molar-refractivity contribution is -0.119. The number of nitrogens with zero attached hydrogens (tertiary/aromatic N) is 1. The van der Waals surface area contributed by atoms with Gasteiger partial charge in [-0.3, -0.25) is 9.10 Å². The molecule has 0 heterocycles. The largest absolute Gasteiger partial charge is 0.354 e. The van der Waals surface area contributed by atoms with Gasteiger partial charge in [-0.05, 0) is 72.5 Å². The average Bonchev–Trinajstić information content (AvgIpc) is 2.85. The van der Waals surface area contributed by atoms with Crippen LogP contribution in [0.1, 0.15) is 12.0 Å². The number of hydrogen-bond acceptors (Lipinski definition) is 5. The fraction of sp³-hybridized carbons (Fsp3) is 0.240. The Morgan fingerprint density at radius 3 is 2.43 bits per heavy atom. The molecule has 35 heavy (non-hydrogen) atoms. The number of hydrogen-bond donors (Lipinski definition) is 1. The Kier molecular flexibility index (Phi) is 10.00. The molecule has 0 saturated carbocycles. The molecule has 186 valence electrons. The van der Waals surface area contributed by atoms with Gasteiger partial charge in [-0.1, -0.05) is 24.3 Å². The van der Waals surface area contributed by atoms with E-state index in [0.29, 0.717) is 30.0 Å². The minimum Gasteiger partial charge on any atom is -0.354 e. The van der Waals surface area contributed by atoms with Gasteiger partial charge in [-0.15, -0.1) is 11.8 Å². The van der Waals surface area contributed by atoms with E-state index in [4.69, 9.17) is 0 Å². The van der Waals surface area contributed by atoms with Crippen molar-refractivity contribution in [2.45, 2.75) is 22.0 Å². The van der Waals surface area contributed by atoms with Gasteiger partial charge >= 0.3 is 0 Å². The van der Waals surface area contributed by atoms with Crippen LogP contribution >= 0.6 is 23.5 Å². The van der Waals surface area contributed by atoms with E-state index in [0.717, 1.165) is 15.3 Å². The quantitative estimate of drug-likeness (QED) is 0.251. The molecule has 0 spiro atoms. The standard InChI is InChI=1S/C25H26F2N2O3S3/c1-33-22-10-12-23(13-11-22)35(31,32)29(21-8-4-7-20(26)16-21)17-25(30)28-14-5-15-34-18-19-6-2-3-9-24(19)27/h2-4,6-13,16H,5,14-15,17-18H2,1H3,(H,28,30). The summed E-state index contributed by atoms with van der Waals surface area (Å²) in [5, 5.41) is 2.72. The highest BCUT2D eigenvalue weighted by molar-refractivity contribution is 7.98. The molecule has 0 radical (unpaired) electrons. The number of anilines is 1. The molecule has 3 aromatic carbocycles. The van der Waals surface area contributed by atoms with Gasteiger partial charge in [0.2, 0.25) is 5.91 Å². The maximum absolute atomic E-state index is 13.9. The number of carbonyl (C=O) groups excluding carboxylic acids is 1. The summed E-state index contributed by atoms with van der Waals surface area (Å²) >= 11 is 3.03. The molecule has 3 aromatic rings. The number of sulfonamides is 1. The molecule has 0 unspecified atom stereocenters. The molecular weight excluding hydrogens is 510 g/mol. The zero-order chi connectivity index (χ0) is 25.3. The van der Waals surface area contributed by atoms with E-state index in [1.807, 2.05) is 6.26 Å². The summed E-state index contributed by atoms with van der Waals surface area (Å²) in [6, 6.07) is 18.0. The first-order chi connectivity index (χ1) is 16.8. The Bertz CT molecular complexity index is 1240. The van der Waals surface area contributed by atoms with Crippen LogP contribution in [0.3, 0.4) is 0 Å². The van der Waals surface area contributed by atoms with Crippen LogP contribution in [-0.4, -0.2) is 39.4 Å². The first kappa shape index (κ1) is 27.0. The fourth-order valence-electron chi connectivity index (χ4n) is 3.21.